The lowest BCUT2D eigenvalue weighted by molar-refractivity contribution is -0.274. The van der Waals surface area contributed by atoms with E-state index in [-0.39, 0.29) is 12.3 Å². The minimum absolute atomic E-state index is 0.0887. The van der Waals surface area contributed by atoms with Gasteiger partial charge in [-0.2, -0.15) is 0 Å². The molecule has 0 aliphatic rings. The number of esters is 1. The molecule has 4 rings (SSSR count). The van der Waals surface area contributed by atoms with E-state index < -0.39 is 18.1 Å². The highest BCUT2D eigenvalue weighted by atomic mass is 79.9. The van der Waals surface area contributed by atoms with Crippen LogP contribution >= 0.6 is 27.3 Å². The molecule has 12 heteroatoms. The molecule has 7 nitrogen and oxygen atoms in total. The van der Waals surface area contributed by atoms with Gasteiger partial charge in [0.15, 0.2) is 3.92 Å². The van der Waals surface area contributed by atoms with Gasteiger partial charge in [-0.3, -0.25) is 0 Å². The monoisotopic (exact) mass is 474 g/mol. The van der Waals surface area contributed by atoms with Gasteiger partial charge in [-0.25, -0.2) is 14.3 Å². The fraction of sp³-hybridized carbons (Fsp3) is 0.188. The van der Waals surface area contributed by atoms with Crippen molar-refractivity contribution in [2.45, 2.75) is 13.3 Å². The highest BCUT2D eigenvalue weighted by molar-refractivity contribution is 9.11. The maximum atomic E-state index is 12.6. The Morgan fingerprint density at radius 3 is 2.86 bits per heavy atom. The van der Waals surface area contributed by atoms with Gasteiger partial charge in [-0.1, -0.05) is 11.3 Å². The molecule has 0 atom stereocenters. The van der Waals surface area contributed by atoms with E-state index in [1.807, 2.05) is 0 Å². The number of imidazole rings is 1. The predicted molar refractivity (Wildman–Crippen MR) is 98.5 cm³/mol. The second kappa shape index (κ2) is 6.78. The number of nitrogens with one attached hydrogen (secondary N) is 1. The van der Waals surface area contributed by atoms with E-state index in [0.717, 1.165) is 6.07 Å². The summed E-state index contributed by atoms with van der Waals surface area (Å²) in [6.07, 6.45) is -3.25. The molecule has 0 saturated carbocycles. The SMILES string of the molecule is CCOC(=O)c1[nH]c2ccc(OC(F)(F)F)cc2c1-c1cn2nc(Br)sc2n1. The molecule has 0 spiro atoms. The van der Waals surface area contributed by atoms with Crippen molar-refractivity contribution < 1.29 is 27.4 Å². The number of H-pyrrole nitrogens is 1. The van der Waals surface area contributed by atoms with Gasteiger partial charge in [0, 0.05) is 16.5 Å². The number of hydrogen-bond donors (Lipinski definition) is 1. The minimum Gasteiger partial charge on any atom is -0.461 e. The third-order valence-corrected chi connectivity index (χ3v) is 5.11. The summed E-state index contributed by atoms with van der Waals surface area (Å²) < 4.78 is 49.0. The summed E-state index contributed by atoms with van der Waals surface area (Å²) in [5.41, 5.74) is 1.21. The average Bonchev–Trinajstić information content (AvgIpc) is 3.23. The lowest BCUT2D eigenvalue weighted by Gasteiger charge is -2.08. The molecule has 0 unspecified atom stereocenters. The van der Waals surface area contributed by atoms with Crippen LogP contribution in [0.25, 0.3) is 27.1 Å². The highest BCUT2D eigenvalue weighted by Gasteiger charge is 2.32. The van der Waals surface area contributed by atoms with Crippen LogP contribution in [0.1, 0.15) is 17.4 Å². The van der Waals surface area contributed by atoms with Crippen LogP contribution < -0.4 is 4.74 Å². The number of carbonyl (C=O) groups is 1. The van der Waals surface area contributed by atoms with E-state index in [4.69, 9.17) is 4.74 Å². The molecule has 1 N–H and O–H groups in total. The number of alkyl halides is 3. The Labute approximate surface area is 167 Å². The van der Waals surface area contributed by atoms with Crippen molar-refractivity contribution in [3.05, 3.63) is 34.0 Å². The summed E-state index contributed by atoms with van der Waals surface area (Å²) in [7, 11) is 0. The van der Waals surface area contributed by atoms with E-state index in [1.54, 1.807) is 13.1 Å². The third-order valence-electron chi connectivity index (χ3n) is 3.76. The fourth-order valence-electron chi connectivity index (χ4n) is 2.79. The standard InChI is InChI=1S/C16H10BrF3N4O3S/c1-2-26-13(25)12-11(10-6-24-15(22-10)28-14(17)23-24)8-5-7(27-16(18,19)20)3-4-9(8)21-12/h3-6,21H,2H2,1H3. The molecule has 0 saturated heterocycles. The van der Waals surface area contributed by atoms with E-state index in [0.29, 0.717) is 31.0 Å². The van der Waals surface area contributed by atoms with Gasteiger partial charge in [0.05, 0.1) is 18.5 Å². The van der Waals surface area contributed by atoms with Gasteiger partial charge in [-0.15, -0.1) is 18.3 Å². The van der Waals surface area contributed by atoms with E-state index >= 15 is 0 Å². The van der Waals surface area contributed by atoms with Crippen molar-refractivity contribution in [1.29, 1.82) is 0 Å². The number of fused-ring (bicyclic) bond motifs is 2. The summed E-state index contributed by atoms with van der Waals surface area (Å²) in [6, 6.07) is 3.76. The van der Waals surface area contributed by atoms with E-state index in [1.165, 1.54) is 28.0 Å². The summed E-state index contributed by atoms with van der Waals surface area (Å²) >= 11 is 4.52. The lowest BCUT2D eigenvalue weighted by Crippen LogP contribution is -2.16. The third kappa shape index (κ3) is 3.44. The molecule has 0 aliphatic carbocycles. The molecule has 0 bridgehead atoms. The number of nitrogens with zero attached hydrogens (tertiary/aromatic N) is 3. The number of carbonyl (C=O) groups excluding carboxylic acids is 1. The molecular formula is C16H10BrF3N4O3S. The number of rotatable bonds is 4. The van der Waals surface area contributed by atoms with E-state index in [9.17, 15) is 18.0 Å². The number of aromatic nitrogens is 4. The van der Waals surface area contributed by atoms with Crippen LogP contribution in [0.5, 0.6) is 5.75 Å². The maximum Gasteiger partial charge on any atom is 0.573 e. The van der Waals surface area contributed by atoms with Crippen molar-refractivity contribution in [2.24, 2.45) is 0 Å². The number of hydrogen-bond acceptors (Lipinski definition) is 6. The smallest absolute Gasteiger partial charge is 0.461 e. The first-order chi connectivity index (χ1) is 13.2. The average molecular weight is 475 g/mol. The van der Waals surface area contributed by atoms with Crippen LogP contribution in [0.15, 0.2) is 28.3 Å². The molecule has 0 amide bonds. The Bertz CT molecular complexity index is 1170. The Morgan fingerprint density at radius 2 is 2.18 bits per heavy atom. The van der Waals surface area contributed by atoms with Crippen molar-refractivity contribution in [1.82, 2.24) is 19.6 Å². The first kappa shape index (κ1) is 18.7. The predicted octanol–water partition coefficient (Wildman–Crippen LogP) is 4.78. The highest BCUT2D eigenvalue weighted by Crippen LogP contribution is 2.36. The van der Waals surface area contributed by atoms with Crippen LogP contribution in [-0.2, 0) is 4.74 Å². The molecule has 146 valence electrons. The van der Waals surface area contributed by atoms with Crippen molar-refractivity contribution in [3.8, 4) is 17.0 Å². The molecule has 28 heavy (non-hydrogen) atoms. The normalized spacial score (nSPS) is 12.0. The molecule has 3 aromatic heterocycles. The molecular weight excluding hydrogens is 465 g/mol. The zero-order chi connectivity index (χ0) is 20.1. The van der Waals surface area contributed by atoms with Gasteiger partial charge in [-0.05, 0) is 41.1 Å². The van der Waals surface area contributed by atoms with Crippen LogP contribution in [0, 0.1) is 0 Å². The van der Waals surface area contributed by atoms with Gasteiger partial charge >= 0.3 is 12.3 Å². The minimum atomic E-state index is -4.83. The van der Waals surface area contributed by atoms with Gasteiger partial charge in [0.25, 0.3) is 0 Å². The fourth-order valence-corrected chi connectivity index (χ4v) is 4.00. The summed E-state index contributed by atoms with van der Waals surface area (Å²) in [5.74, 6) is -1.05. The Morgan fingerprint density at radius 1 is 1.39 bits per heavy atom. The maximum absolute atomic E-state index is 12.6. The van der Waals surface area contributed by atoms with Gasteiger partial charge < -0.3 is 14.5 Å². The molecule has 3 heterocycles. The van der Waals surface area contributed by atoms with Crippen molar-refractivity contribution >= 4 is 49.1 Å². The van der Waals surface area contributed by atoms with Crippen molar-refractivity contribution in [2.75, 3.05) is 6.61 Å². The Kier molecular flexibility index (Phi) is 4.54. The zero-order valence-electron chi connectivity index (χ0n) is 14.0. The molecule has 4 aromatic rings. The molecule has 0 aliphatic heterocycles. The largest absolute Gasteiger partial charge is 0.573 e. The number of ether oxygens (including phenoxy) is 2. The summed E-state index contributed by atoms with van der Waals surface area (Å²) in [4.78, 5) is 20.3. The summed E-state index contributed by atoms with van der Waals surface area (Å²) in [5, 5.41) is 4.53. The Balaban J connectivity index is 1.92. The van der Waals surface area contributed by atoms with Crippen LogP contribution in [0.4, 0.5) is 13.2 Å². The second-order valence-electron chi connectivity index (χ2n) is 5.56. The van der Waals surface area contributed by atoms with Crippen LogP contribution in [-0.4, -0.2) is 38.5 Å². The van der Waals surface area contributed by atoms with Gasteiger partial charge in [0.1, 0.15) is 11.4 Å². The number of benzene rings is 1. The number of halogens is 4. The summed E-state index contributed by atoms with van der Waals surface area (Å²) in [6.45, 7) is 1.80. The van der Waals surface area contributed by atoms with Crippen LogP contribution in [0.3, 0.4) is 0 Å². The quantitative estimate of drug-likeness (QED) is 0.430. The lowest BCUT2D eigenvalue weighted by atomic mass is 10.1. The Hall–Kier alpha value is -2.60. The first-order valence-corrected chi connectivity index (χ1v) is 9.47. The first-order valence-electron chi connectivity index (χ1n) is 7.86. The van der Waals surface area contributed by atoms with Gasteiger partial charge in [0.2, 0.25) is 4.96 Å². The number of aromatic amines is 1. The van der Waals surface area contributed by atoms with Crippen molar-refractivity contribution in [3.63, 3.8) is 0 Å². The molecule has 1 aromatic carbocycles. The van der Waals surface area contributed by atoms with E-state index in [2.05, 4.69) is 35.7 Å². The second-order valence-corrected chi connectivity index (χ2v) is 7.79. The topological polar surface area (TPSA) is 81.5 Å². The molecule has 0 radical (unpaired) electrons. The molecule has 0 fully saturated rings. The zero-order valence-corrected chi connectivity index (χ0v) is 16.4. The van der Waals surface area contributed by atoms with Crippen LogP contribution in [0.2, 0.25) is 0 Å².